The molecular formula is C53H65Cl3F10O19. The Kier molecular flexibility index (Phi) is 38.3. The highest BCUT2D eigenvalue weighted by atomic mass is 35.6. The minimum absolute atomic E-state index is 0.237. The van der Waals surface area contributed by atoms with Crippen molar-refractivity contribution in [1.82, 2.24) is 0 Å². The fourth-order valence-electron chi connectivity index (χ4n) is 4.58. The summed E-state index contributed by atoms with van der Waals surface area (Å²) in [6.07, 6.45) is -2.26. The van der Waals surface area contributed by atoms with Crippen LogP contribution in [0.15, 0.2) is 30.3 Å². The van der Waals surface area contributed by atoms with Gasteiger partial charge in [0.2, 0.25) is 69.7 Å². The molecule has 0 spiro atoms. The number of hydrogen-bond acceptors (Lipinski definition) is 19. The normalized spacial score (nSPS) is 16.1. The highest BCUT2D eigenvalue weighted by Crippen LogP contribution is 2.33. The number of hydrogen-bond donors (Lipinski definition) is 2. The van der Waals surface area contributed by atoms with E-state index in [-0.39, 0.29) is 5.78 Å². The third kappa shape index (κ3) is 29.9. The standard InChI is InChI=1S/C13H11F5O5.C12H7F5O5.C8H10O.C7H12O4.C6H8O4.2C3H8.CHCl3/c1-5(20)22-4-13(2,3-19)12(21)23-11-9(17)7(15)6(14)8(16)10(11)18;1-12(2-20-11(19)21-3-12)10(18)22-9-7(16)5(14)4(13)6(15)8(9)17;1-9-7-8-5-3-2-4-6-8;1-4(8)6(3)11-7(10)5(2)9;1-3-5(7)10-4(2)6(8)9-3;2*1-3-2;2-1(3)4/h19H,3-4H2,1-2H3;2-3H2,1H3;2-6H,7H2,1H3;5-6,9H,1-3H3;3-4H,1-2H3;2*3H2,1-2H3;1H/t;;;;3-,4-;;;/m....1.../s1/i;;;;;1T;;1D. The van der Waals surface area contributed by atoms with Gasteiger partial charge in [-0.05, 0) is 54.0 Å². The second-order valence-corrected chi connectivity index (χ2v) is 19.0. The summed E-state index contributed by atoms with van der Waals surface area (Å²) in [5.41, 5.74) is -2.40. The Morgan fingerprint density at radius 3 is 1.42 bits per heavy atom. The molecule has 5 atom stereocenters. The lowest BCUT2D eigenvalue weighted by molar-refractivity contribution is -0.191. The molecule has 0 radical (unpaired) electrons. The van der Waals surface area contributed by atoms with E-state index in [1.54, 1.807) is 7.11 Å². The maximum atomic E-state index is 13.4. The number of carbonyl (C=O) groups is 8. The summed E-state index contributed by atoms with van der Waals surface area (Å²) in [5, 5.41) is 17.8. The van der Waals surface area contributed by atoms with Gasteiger partial charge in [-0.3, -0.25) is 19.2 Å². The van der Waals surface area contributed by atoms with E-state index in [4.69, 9.17) is 52.5 Å². The monoisotopic (exact) mass is 1300 g/mol. The lowest BCUT2D eigenvalue weighted by atomic mass is 9.92. The molecule has 2 heterocycles. The molecule has 3 unspecified atom stereocenters. The zero-order chi connectivity index (χ0) is 68.5. The van der Waals surface area contributed by atoms with Crippen molar-refractivity contribution in [3.05, 3.63) is 94.1 Å². The van der Waals surface area contributed by atoms with Crippen molar-refractivity contribution in [2.24, 2.45) is 10.8 Å². The molecule has 0 amide bonds. The Morgan fingerprint density at radius 2 is 1.11 bits per heavy atom. The van der Waals surface area contributed by atoms with E-state index in [2.05, 4.69) is 51.7 Å². The molecule has 2 aliphatic rings. The molecule has 482 valence electrons. The van der Waals surface area contributed by atoms with Crippen LogP contribution >= 0.6 is 34.8 Å². The van der Waals surface area contributed by atoms with Crippen LogP contribution in [0, 0.1) is 69.0 Å². The number of benzene rings is 3. The van der Waals surface area contributed by atoms with Gasteiger partial charge in [0, 0.05) is 15.4 Å². The summed E-state index contributed by atoms with van der Waals surface area (Å²) in [6, 6.07) is 10.1. The smallest absolute Gasteiger partial charge is 0.465 e. The minimum atomic E-state index is -2.41. The molecule has 32 heteroatoms. The molecule has 2 aliphatic heterocycles. The van der Waals surface area contributed by atoms with E-state index in [0.717, 1.165) is 27.2 Å². The van der Waals surface area contributed by atoms with Crippen molar-refractivity contribution < 1.29 is 138 Å². The molecule has 0 saturated carbocycles. The first-order valence-electron chi connectivity index (χ1n) is 25.4. The molecule has 2 N–H and O–H groups in total. The maximum absolute atomic E-state index is 13.4. The van der Waals surface area contributed by atoms with Crippen molar-refractivity contribution in [3.8, 4) is 11.5 Å². The number of rotatable bonds is 12. The first kappa shape index (κ1) is 78.5. The zero-order valence-electron chi connectivity index (χ0n) is 49.6. The van der Waals surface area contributed by atoms with Gasteiger partial charge in [-0.1, -0.05) is 106 Å². The summed E-state index contributed by atoms with van der Waals surface area (Å²) in [7, 11) is 1.70. The molecule has 2 fully saturated rings. The van der Waals surface area contributed by atoms with E-state index in [9.17, 15) is 82.3 Å². The topological polar surface area (TPSA) is 260 Å². The van der Waals surface area contributed by atoms with Gasteiger partial charge in [-0.25, -0.2) is 45.5 Å². The van der Waals surface area contributed by atoms with Gasteiger partial charge in [0.1, 0.15) is 36.8 Å². The maximum Gasteiger partial charge on any atom is 0.508 e. The summed E-state index contributed by atoms with van der Waals surface area (Å²) in [4.78, 5) is 87.6. The zero-order valence-corrected chi connectivity index (χ0v) is 49.9. The van der Waals surface area contributed by atoms with Gasteiger partial charge in [0.15, 0.2) is 28.4 Å². The van der Waals surface area contributed by atoms with Crippen LogP contribution in [0.1, 0.15) is 104 Å². The van der Waals surface area contributed by atoms with Crippen molar-refractivity contribution in [2.45, 2.75) is 131 Å². The van der Waals surface area contributed by atoms with Crippen LogP contribution < -0.4 is 9.47 Å². The Bertz CT molecular complexity index is 2640. The first-order chi connectivity index (χ1) is 40.0. The SMILES string of the molecule is CC(=O)C(C)OC(=O)C(C)O.CC(=O)OCC(C)(CO)C(=O)Oc1c(F)c(F)c(F)c(F)c1F.CC1(C(=O)Oc2c(F)c(F)c(F)c(F)c2F)COC(=O)OC1.CCC.COCc1ccccc1.C[C@H]1OC(=O)[C@@H](C)OC1=O.[2H]C(Cl)(Cl)Cl.[3H]CCC. The molecule has 85 heavy (non-hydrogen) atoms. The van der Waals surface area contributed by atoms with Crippen molar-refractivity contribution in [1.29, 1.82) is 0 Å². The second-order valence-electron chi connectivity index (χ2n) is 17.3. The van der Waals surface area contributed by atoms with Gasteiger partial charge < -0.3 is 52.8 Å². The number of methoxy groups -OCH3 is 1. The Labute approximate surface area is 500 Å². The summed E-state index contributed by atoms with van der Waals surface area (Å²) < 4.78 is 183. The molecule has 3 aromatic carbocycles. The Hall–Kier alpha value is -6.53. The van der Waals surface area contributed by atoms with Crippen LogP contribution in [0.4, 0.5) is 48.7 Å². The van der Waals surface area contributed by atoms with E-state index in [1.165, 1.54) is 46.6 Å². The van der Waals surface area contributed by atoms with Crippen LogP contribution in [0.25, 0.3) is 0 Å². The lowest BCUT2D eigenvalue weighted by Gasteiger charge is -2.29. The van der Waals surface area contributed by atoms with Crippen LogP contribution in [-0.4, -0.2) is 120 Å². The number of Topliss-reactive ketones (excluding diaryl/α,β-unsaturated/α-hetero) is 1. The van der Waals surface area contributed by atoms with Crippen LogP contribution in [-0.2, 0) is 73.3 Å². The minimum Gasteiger partial charge on any atom is -0.465 e. The van der Waals surface area contributed by atoms with Gasteiger partial charge in [0.05, 0.1) is 14.6 Å². The quantitative estimate of drug-likeness (QED) is 0.0325. The van der Waals surface area contributed by atoms with Crippen molar-refractivity contribution in [3.63, 3.8) is 0 Å². The van der Waals surface area contributed by atoms with E-state index >= 15 is 0 Å². The second kappa shape index (κ2) is 41.5. The summed E-state index contributed by atoms with van der Waals surface area (Å²) in [5.74, 6) is -32.4. The molecule has 0 aliphatic carbocycles. The predicted octanol–water partition coefficient (Wildman–Crippen LogP) is 10.7. The van der Waals surface area contributed by atoms with Gasteiger partial charge in [-0.2, -0.15) is 17.6 Å². The average Bonchev–Trinajstić information content (AvgIpc) is 2.13. The predicted molar refractivity (Wildman–Crippen MR) is 280 cm³/mol. The number of carbonyl (C=O) groups excluding carboxylic acids is 8. The third-order valence-corrected chi connectivity index (χ3v) is 9.28. The van der Waals surface area contributed by atoms with E-state index < -0.39 is 178 Å². The fourth-order valence-corrected chi connectivity index (χ4v) is 4.58. The number of esters is 6. The number of cyclic esters (lactones) is 4. The van der Waals surface area contributed by atoms with E-state index in [1.807, 2.05) is 37.3 Å². The first-order valence-corrected chi connectivity index (χ1v) is 25.4. The molecule has 5 rings (SSSR count). The number of aliphatic hydroxyl groups is 2. The van der Waals surface area contributed by atoms with E-state index in [0.29, 0.717) is 13.5 Å². The molecule has 19 nitrogen and oxygen atoms in total. The van der Waals surface area contributed by atoms with Crippen LogP contribution in [0.2, 0.25) is 0 Å². The largest absolute Gasteiger partial charge is 0.508 e. The highest BCUT2D eigenvalue weighted by Gasteiger charge is 2.44. The van der Waals surface area contributed by atoms with Crippen molar-refractivity contribution >= 4 is 82.6 Å². The fraction of sp³-hybridized carbons (Fsp3) is 0.509. The third-order valence-electron chi connectivity index (χ3n) is 9.28. The Morgan fingerprint density at radius 1 is 0.741 bits per heavy atom. The molecule has 0 bridgehead atoms. The molecule has 0 aromatic heterocycles. The number of ether oxygens (including phenoxy) is 9. The number of alkyl halides is 3. The summed E-state index contributed by atoms with van der Waals surface area (Å²) in [6.45, 7) is 14.9. The number of halogens is 13. The lowest BCUT2D eigenvalue weighted by Crippen LogP contribution is -2.45. The summed E-state index contributed by atoms with van der Waals surface area (Å²) >= 11 is 14.2. The van der Waals surface area contributed by atoms with Gasteiger partial charge in [-0.15, -0.1) is 0 Å². The molecule has 3 aromatic rings. The van der Waals surface area contributed by atoms with Crippen LogP contribution in [0.5, 0.6) is 11.5 Å². The van der Waals surface area contributed by atoms with Crippen molar-refractivity contribution in [2.75, 3.05) is 33.5 Å². The Balaban J connectivity index is -0.00000101. The van der Waals surface area contributed by atoms with Gasteiger partial charge >= 0.3 is 42.0 Å². The highest BCUT2D eigenvalue weighted by molar-refractivity contribution is 6.63. The average molecular weight is 1310 g/mol. The molecular weight excluding hydrogens is 1240 g/mol. The molecule has 2 saturated heterocycles. The number of aliphatic hydroxyl groups excluding tert-OH is 2. The van der Waals surface area contributed by atoms with Crippen LogP contribution in [0.3, 0.4) is 0 Å². The number of ketones is 1. The van der Waals surface area contributed by atoms with Gasteiger partial charge in [0.25, 0.3) is 0 Å².